The fourth-order valence-electron chi connectivity index (χ4n) is 3.47. The molecule has 0 bridgehead atoms. The van der Waals surface area contributed by atoms with Gasteiger partial charge in [-0.3, -0.25) is 15.3 Å². The quantitative estimate of drug-likeness (QED) is 0.476. The SMILES string of the molecule is CONC1=CCc2cc(-c3cc(C(=O)OC(C)(C)C)oc3-c3ccncc3)ccc21. The van der Waals surface area contributed by atoms with Crippen molar-refractivity contribution < 1.29 is 18.8 Å². The van der Waals surface area contributed by atoms with Crippen LogP contribution in [0.25, 0.3) is 28.1 Å². The van der Waals surface area contributed by atoms with Gasteiger partial charge >= 0.3 is 5.97 Å². The van der Waals surface area contributed by atoms with Crippen molar-refractivity contribution >= 4 is 11.7 Å². The Bertz CT molecular complexity index is 1110. The van der Waals surface area contributed by atoms with Crippen molar-refractivity contribution in [3.8, 4) is 22.5 Å². The number of ether oxygens (including phenoxy) is 1. The Hall–Kier alpha value is -3.38. The fourth-order valence-corrected chi connectivity index (χ4v) is 3.47. The highest BCUT2D eigenvalue weighted by molar-refractivity contribution is 5.92. The summed E-state index contributed by atoms with van der Waals surface area (Å²) < 4.78 is 11.5. The summed E-state index contributed by atoms with van der Waals surface area (Å²) in [5.74, 6) is 0.296. The standard InChI is InChI=1S/C24H24N2O4/c1-24(2,3)30-23(27)21-14-19(22(29-21)15-9-11-25-12-10-15)17-5-7-18-16(13-17)6-8-20(18)26-28-4/h5,7-14,26H,6H2,1-4H3. The van der Waals surface area contributed by atoms with Gasteiger partial charge in [-0.25, -0.2) is 4.79 Å². The van der Waals surface area contributed by atoms with Gasteiger partial charge < -0.3 is 9.15 Å². The molecule has 0 radical (unpaired) electrons. The number of furan rings is 1. The van der Waals surface area contributed by atoms with Crippen LogP contribution in [0.2, 0.25) is 0 Å². The molecule has 0 aliphatic heterocycles. The maximum Gasteiger partial charge on any atom is 0.374 e. The predicted octanol–water partition coefficient (Wildman–Crippen LogP) is 5.01. The molecule has 6 nitrogen and oxygen atoms in total. The fraction of sp³-hybridized carbons (Fsp3) is 0.250. The Kier molecular flexibility index (Phi) is 5.18. The molecular formula is C24H24N2O4. The van der Waals surface area contributed by atoms with Crippen LogP contribution < -0.4 is 5.48 Å². The molecule has 1 aliphatic carbocycles. The number of rotatable bonds is 5. The van der Waals surface area contributed by atoms with Gasteiger partial charge in [-0.15, -0.1) is 0 Å². The number of pyridine rings is 1. The minimum absolute atomic E-state index is 0.173. The first-order chi connectivity index (χ1) is 14.4. The highest BCUT2D eigenvalue weighted by Crippen LogP contribution is 2.38. The minimum atomic E-state index is -0.606. The third-order valence-electron chi connectivity index (χ3n) is 4.72. The van der Waals surface area contributed by atoms with Crippen LogP contribution >= 0.6 is 0 Å². The first-order valence-electron chi connectivity index (χ1n) is 9.76. The molecule has 154 valence electrons. The third kappa shape index (κ3) is 4.00. The van der Waals surface area contributed by atoms with Crippen LogP contribution in [0.4, 0.5) is 0 Å². The second kappa shape index (κ2) is 7.80. The van der Waals surface area contributed by atoms with Crippen molar-refractivity contribution in [2.24, 2.45) is 0 Å². The van der Waals surface area contributed by atoms with Crippen LogP contribution in [0.1, 0.15) is 42.5 Å². The molecule has 2 aromatic heterocycles. The zero-order valence-corrected chi connectivity index (χ0v) is 17.5. The summed E-state index contributed by atoms with van der Waals surface area (Å²) in [5.41, 5.74) is 8.17. The number of hydrogen-bond acceptors (Lipinski definition) is 6. The molecule has 3 aromatic rings. The number of esters is 1. The summed E-state index contributed by atoms with van der Waals surface area (Å²) >= 11 is 0. The summed E-state index contributed by atoms with van der Waals surface area (Å²) in [4.78, 5) is 21.8. The molecule has 0 amide bonds. The summed E-state index contributed by atoms with van der Waals surface area (Å²) in [6.07, 6.45) is 6.29. The van der Waals surface area contributed by atoms with Crippen LogP contribution in [0, 0.1) is 0 Å². The lowest BCUT2D eigenvalue weighted by atomic mass is 9.98. The van der Waals surface area contributed by atoms with E-state index < -0.39 is 11.6 Å². The van der Waals surface area contributed by atoms with E-state index in [9.17, 15) is 4.79 Å². The molecule has 0 fully saturated rings. The Labute approximate surface area is 175 Å². The maximum atomic E-state index is 12.6. The minimum Gasteiger partial charge on any atom is -0.454 e. The van der Waals surface area contributed by atoms with Crippen molar-refractivity contribution in [3.63, 3.8) is 0 Å². The van der Waals surface area contributed by atoms with Gasteiger partial charge in [-0.2, -0.15) is 0 Å². The summed E-state index contributed by atoms with van der Waals surface area (Å²) in [7, 11) is 1.60. The highest BCUT2D eigenvalue weighted by atomic mass is 16.6. The summed E-state index contributed by atoms with van der Waals surface area (Å²) in [6.45, 7) is 5.49. The number of nitrogens with zero attached hydrogens (tertiary/aromatic N) is 1. The molecule has 1 aromatic carbocycles. The van der Waals surface area contributed by atoms with E-state index in [-0.39, 0.29) is 5.76 Å². The van der Waals surface area contributed by atoms with Crippen LogP contribution in [0.5, 0.6) is 0 Å². The lowest BCUT2D eigenvalue weighted by Crippen LogP contribution is -2.23. The lowest BCUT2D eigenvalue weighted by molar-refractivity contribution is 0.00368. The Balaban J connectivity index is 1.77. The predicted molar refractivity (Wildman–Crippen MR) is 114 cm³/mol. The second-order valence-corrected chi connectivity index (χ2v) is 8.09. The van der Waals surface area contributed by atoms with Crippen molar-refractivity contribution in [1.82, 2.24) is 10.5 Å². The Morgan fingerprint density at radius 3 is 2.53 bits per heavy atom. The van der Waals surface area contributed by atoms with Gasteiger partial charge in [0.1, 0.15) is 11.4 Å². The van der Waals surface area contributed by atoms with E-state index in [1.54, 1.807) is 25.6 Å². The highest BCUT2D eigenvalue weighted by Gasteiger charge is 2.25. The number of nitrogens with one attached hydrogen (secondary N) is 1. The Morgan fingerprint density at radius 2 is 1.83 bits per heavy atom. The van der Waals surface area contributed by atoms with Crippen LogP contribution in [0.15, 0.2) is 59.3 Å². The molecule has 0 saturated heterocycles. The Morgan fingerprint density at radius 1 is 1.07 bits per heavy atom. The van der Waals surface area contributed by atoms with Gasteiger partial charge in [0, 0.05) is 29.1 Å². The maximum absolute atomic E-state index is 12.6. The number of carbonyl (C=O) groups is 1. The number of allylic oxidation sites excluding steroid dienone is 1. The zero-order valence-electron chi connectivity index (χ0n) is 17.5. The number of benzene rings is 1. The molecule has 30 heavy (non-hydrogen) atoms. The molecule has 0 unspecified atom stereocenters. The number of aromatic nitrogens is 1. The molecule has 2 heterocycles. The smallest absolute Gasteiger partial charge is 0.374 e. The summed E-state index contributed by atoms with van der Waals surface area (Å²) in [5, 5.41) is 0. The molecule has 1 N–H and O–H groups in total. The molecule has 1 aliphatic rings. The number of hydrogen-bond donors (Lipinski definition) is 1. The van der Waals surface area contributed by atoms with Crippen LogP contribution in [0.3, 0.4) is 0 Å². The molecule has 4 rings (SSSR count). The topological polar surface area (TPSA) is 73.6 Å². The monoisotopic (exact) mass is 404 g/mol. The van der Waals surface area contributed by atoms with Crippen molar-refractivity contribution in [1.29, 1.82) is 0 Å². The molecular weight excluding hydrogens is 380 g/mol. The van der Waals surface area contributed by atoms with Gasteiger partial charge in [0.15, 0.2) is 0 Å². The van der Waals surface area contributed by atoms with Crippen LogP contribution in [-0.4, -0.2) is 23.7 Å². The van der Waals surface area contributed by atoms with E-state index in [4.69, 9.17) is 14.0 Å². The van der Waals surface area contributed by atoms with E-state index in [1.165, 1.54) is 5.56 Å². The van der Waals surface area contributed by atoms with Crippen molar-refractivity contribution in [2.45, 2.75) is 32.8 Å². The van der Waals surface area contributed by atoms with E-state index in [2.05, 4.69) is 22.6 Å². The molecule has 0 atom stereocenters. The normalized spacial score (nSPS) is 13.0. The van der Waals surface area contributed by atoms with E-state index in [0.29, 0.717) is 5.76 Å². The lowest BCUT2D eigenvalue weighted by Gasteiger charge is -2.18. The molecule has 6 heteroatoms. The average Bonchev–Trinajstić information content (AvgIpc) is 3.32. The molecule has 0 spiro atoms. The molecule has 0 saturated carbocycles. The number of hydroxylamine groups is 1. The average molecular weight is 404 g/mol. The van der Waals surface area contributed by atoms with E-state index in [1.807, 2.05) is 45.0 Å². The summed E-state index contributed by atoms with van der Waals surface area (Å²) in [6, 6.07) is 11.6. The van der Waals surface area contributed by atoms with Crippen molar-refractivity contribution in [2.75, 3.05) is 7.11 Å². The zero-order chi connectivity index (χ0) is 21.3. The van der Waals surface area contributed by atoms with Gasteiger partial charge in [0.2, 0.25) is 5.76 Å². The van der Waals surface area contributed by atoms with Gasteiger partial charge in [0.25, 0.3) is 0 Å². The van der Waals surface area contributed by atoms with Gasteiger partial charge in [-0.1, -0.05) is 24.3 Å². The number of fused-ring (bicyclic) bond motifs is 1. The van der Waals surface area contributed by atoms with Crippen LogP contribution in [-0.2, 0) is 16.0 Å². The third-order valence-corrected chi connectivity index (χ3v) is 4.72. The second-order valence-electron chi connectivity index (χ2n) is 8.09. The first-order valence-corrected chi connectivity index (χ1v) is 9.76. The number of carbonyl (C=O) groups excluding carboxylic acids is 1. The van der Waals surface area contributed by atoms with Gasteiger partial charge in [0.05, 0.1) is 12.8 Å². The largest absolute Gasteiger partial charge is 0.454 e. The van der Waals surface area contributed by atoms with E-state index in [0.717, 1.165) is 34.4 Å². The van der Waals surface area contributed by atoms with Crippen molar-refractivity contribution in [3.05, 3.63) is 71.8 Å². The van der Waals surface area contributed by atoms with E-state index >= 15 is 0 Å². The van der Waals surface area contributed by atoms with Gasteiger partial charge in [-0.05, 0) is 56.5 Å². The first kappa shape index (κ1) is 19.9.